The van der Waals surface area contributed by atoms with Crippen molar-refractivity contribution < 1.29 is 13.6 Å². The van der Waals surface area contributed by atoms with Crippen molar-refractivity contribution in [1.82, 2.24) is 0 Å². The normalized spacial score (nSPS) is 15.0. The van der Waals surface area contributed by atoms with E-state index in [0.717, 1.165) is 0 Å². The SMILES string of the molecule is O=C1Nc2ccc(F)cc2/C1=C\c1c2cccccc-2oc1=O. The van der Waals surface area contributed by atoms with Gasteiger partial charge in [0.25, 0.3) is 5.91 Å². The second kappa shape index (κ2) is 4.91. The molecule has 1 aromatic rings. The summed E-state index contributed by atoms with van der Waals surface area (Å²) in [6.07, 6.45) is 1.45. The Balaban J connectivity index is 1.94. The summed E-state index contributed by atoms with van der Waals surface area (Å²) in [5.41, 5.74) is 1.54. The van der Waals surface area contributed by atoms with Gasteiger partial charge < -0.3 is 9.73 Å². The summed E-state index contributed by atoms with van der Waals surface area (Å²) in [4.78, 5) is 24.2. The third kappa shape index (κ3) is 2.14. The molecule has 1 amide bonds. The lowest BCUT2D eigenvalue weighted by atomic mass is 10.0. The van der Waals surface area contributed by atoms with Gasteiger partial charge in [-0.15, -0.1) is 0 Å². The molecule has 2 aliphatic heterocycles. The lowest BCUT2D eigenvalue weighted by Gasteiger charge is -1.98. The topological polar surface area (TPSA) is 59.3 Å². The monoisotopic (exact) mass is 307 g/mol. The zero-order valence-electron chi connectivity index (χ0n) is 11.8. The molecule has 0 spiro atoms. The van der Waals surface area contributed by atoms with E-state index < -0.39 is 11.4 Å². The van der Waals surface area contributed by atoms with E-state index in [1.165, 1.54) is 24.3 Å². The third-order valence-electron chi connectivity index (χ3n) is 3.76. The molecule has 0 aromatic heterocycles. The Morgan fingerprint density at radius 2 is 1.83 bits per heavy atom. The van der Waals surface area contributed by atoms with Crippen LogP contribution in [-0.4, -0.2) is 5.91 Å². The summed E-state index contributed by atoms with van der Waals surface area (Å²) in [7, 11) is 0. The van der Waals surface area contributed by atoms with E-state index in [4.69, 9.17) is 4.42 Å². The minimum Gasteiger partial charge on any atom is -0.422 e. The third-order valence-corrected chi connectivity index (χ3v) is 3.76. The molecule has 1 aromatic carbocycles. The molecule has 0 saturated carbocycles. The first-order valence-corrected chi connectivity index (χ1v) is 6.98. The van der Waals surface area contributed by atoms with Crippen molar-refractivity contribution in [2.24, 2.45) is 0 Å². The molecular weight excluding hydrogens is 297 g/mol. The summed E-state index contributed by atoms with van der Waals surface area (Å²) in [6, 6.07) is 12.8. The van der Waals surface area contributed by atoms with Gasteiger partial charge in [-0.05, 0) is 30.3 Å². The summed E-state index contributed by atoms with van der Waals surface area (Å²) >= 11 is 0. The van der Waals surface area contributed by atoms with Crippen molar-refractivity contribution in [3.8, 4) is 11.3 Å². The van der Waals surface area contributed by atoms with E-state index in [2.05, 4.69) is 5.32 Å². The average Bonchev–Trinajstić information content (AvgIpc) is 2.86. The lowest BCUT2D eigenvalue weighted by Crippen LogP contribution is -2.05. The number of carbonyl (C=O) groups is 1. The number of rotatable bonds is 1. The Hall–Kier alpha value is -3.21. The molecule has 0 atom stereocenters. The zero-order chi connectivity index (χ0) is 16.0. The maximum atomic E-state index is 13.5. The number of furan rings is 1. The van der Waals surface area contributed by atoms with Crippen LogP contribution in [0.15, 0.2) is 57.7 Å². The molecule has 0 fully saturated rings. The van der Waals surface area contributed by atoms with Gasteiger partial charge in [0, 0.05) is 22.4 Å². The number of hydrogen-bond donors (Lipinski definition) is 1. The fourth-order valence-corrected chi connectivity index (χ4v) is 2.69. The number of nitrogens with one attached hydrogen (secondary N) is 1. The quantitative estimate of drug-likeness (QED) is 0.701. The Morgan fingerprint density at radius 3 is 2.70 bits per heavy atom. The van der Waals surface area contributed by atoms with E-state index in [9.17, 15) is 14.0 Å². The highest BCUT2D eigenvalue weighted by Gasteiger charge is 2.26. The number of amides is 1. The van der Waals surface area contributed by atoms with Crippen molar-refractivity contribution >= 4 is 23.2 Å². The predicted octanol–water partition coefficient (Wildman–Crippen LogP) is 3.38. The van der Waals surface area contributed by atoms with Gasteiger partial charge in [0.15, 0.2) is 0 Å². The van der Waals surface area contributed by atoms with Crippen LogP contribution in [0.25, 0.3) is 23.0 Å². The van der Waals surface area contributed by atoms with Crippen LogP contribution in [0.3, 0.4) is 0 Å². The Kier molecular flexibility index (Phi) is 2.87. The maximum Gasteiger partial charge on any atom is 0.344 e. The summed E-state index contributed by atoms with van der Waals surface area (Å²) in [6.45, 7) is 0. The molecule has 3 aliphatic rings. The lowest BCUT2D eigenvalue weighted by molar-refractivity contribution is -0.110. The van der Waals surface area contributed by atoms with Gasteiger partial charge in [-0.1, -0.05) is 24.3 Å². The molecule has 4 nitrogen and oxygen atoms in total. The van der Waals surface area contributed by atoms with Crippen molar-refractivity contribution in [2.45, 2.75) is 0 Å². The number of halogens is 1. The second-order valence-electron chi connectivity index (χ2n) is 5.19. The van der Waals surface area contributed by atoms with Crippen molar-refractivity contribution in [3.05, 3.63) is 75.9 Å². The van der Waals surface area contributed by atoms with E-state index in [1.807, 2.05) is 6.07 Å². The molecule has 1 aliphatic carbocycles. The summed E-state index contributed by atoms with van der Waals surface area (Å²) < 4.78 is 18.7. The van der Waals surface area contributed by atoms with Crippen LogP contribution in [0.5, 0.6) is 0 Å². The molecule has 0 radical (unpaired) electrons. The Bertz CT molecular complexity index is 1000. The van der Waals surface area contributed by atoms with Gasteiger partial charge >= 0.3 is 5.63 Å². The van der Waals surface area contributed by atoms with Gasteiger partial charge in [-0.25, -0.2) is 9.18 Å². The minimum absolute atomic E-state index is 0.241. The maximum absolute atomic E-state index is 13.5. The van der Waals surface area contributed by atoms with Gasteiger partial charge in [-0.2, -0.15) is 0 Å². The first-order chi connectivity index (χ1) is 11.1. The van der Waals surface area contributed by atoms with Crippen LogP contribution in [0, 0.1) is 5.82 Å². The van der Waals surface area contributed by atoms with E-state index in [1.54, 1.807) is 24.3 Å². The fraction of sp³-hybridized carbons (Fsp3) is 0. The molecule has 1 N–H and O–H groups in total. The first kappa shape index (κ1) is 13.5. The van der Waals surface area contributed by atoms with Gasteiger partial charge in [0.2, 0.25) is 0 Å². The largest absolute Gasteiger partial charge is 0.422 e. The van der Waals surface area contributed by atoms with Crippen molar-refractivity contribution in [1.29, 1.82) is 0 Å². The number of anilines is 1. The summed E-state index contributed by atoms with van der Waals surface area (Å²) in [5.74, 6) is -0.388. The number of benzene rings is 1. The van der Waals surface area contributed by atoms with Crippen LogP contribution in [0.1, 0.15) is 11.1 Å². The Morgan fingerprint density at radius 1 is 1.00 bits per heavy atom. The smallest absolute Gasteiger partial charge is 0.344 e. The zero-order valence-corrected chi connectivity index (χ0v) is 11.8. The van der Waals surface area contributed by atoms with Crippen LogP contribution in [0.4, 0.5) is 10.1 Å². The molecule has 0 bridgehead atoms. The van der Waals surface area contributed by atoms with Crippen molar-refractivity contribution in [3.63, 3.8) is 0 Å². The minimum atomic E-state index is -0.531. The number of hydrogen-bond acceptors (Lipinski definition) is 3. The fourth-order valence-electron chi connectivity index (χ4n) is 2.69. The molecule has 5 heteroatoms. The highest BCUT2D eigenvalue weighted by molar-refractivity contribution is 6.35. The molecular formula is C18H10FNO3. The van der Waals surface area contributed by atoms with Gasteiger partial charge in [-0.3, -0.25) is 4.79 Å². The Labute approximate surface area is 130 Å². The number of carbonyl (C=O) groups excluding carboxylic acids is 1. The standard InChI is InChI=1S/C18H10FNO3/c19-10-6-7-15-12(8-10)13(17(21)20-15)9-14-11-4-2-1-3-5-16(11)23-18(14)22/h1-9H,(H,20,21)/b13-9+. The predicted molar refractivity (Wildman–Crippen MR) is 84.5 cm³/mol. The molecule has 0 saturated heterocycles. The van der Waals surface area contributed by atoms with E-state index in [0.29, 0.717) is 22.6 Å². The molecule has 0 unspecified atom stereocenters. The first-order valence-electron chi connectivity index (χ1n) is 6.98. The van der Waals surface area contributed by atoms with E-state index in [-0.39, 0.29) is 17.0 Å². The highest BCUT2D eigenvalue weighted by atomic mass is 19.1. The van der Waals surface area contributed by atoms with Crippen LogP contribution in [0.2, 0.25) is 0 Å². The summed E-state index contributed by atoms with van der Waals surface area (Å²) in [5, 5.41) is 2.65. The van der Waals surface area contributed by atoms with Crippen LogP contribution >= 0.6 is 0 Å². The molecule has 2 heterocycles. The molecule has 23 heavy (non-hydrogen) atoms. The van der Waals surface area contributed by atoms with Crippen molar-refractivity contribution in [2.75, 3.05) is 5.32 Å². The molecule has 112 valence electrons. The van der Waals surface area contributed by atoms with E-state index >= 15 is 0 Å². The average molecular weight is 307 g/mol. The van der Waals surface area contributed by atoms with Crippen LogP contribution in [-0.2, 0) is 4.79 Å². The second-order valence-corrected chi connectivity index (χ2v) is 5.19. The van der Waals surface area contributed by atoms with Gasteiger partial charge in [0.05, 0.1) is 5.56 Å². The highest BCUT2D eigenvalue weighted by Crippen LogP contribution is 2.35. The number of fused-ring (bicyclic) bond motifs is 2. The van der Waals surface area contributed by atoms with Crippen LogP contribution < -0.4 is 10.9 Å². The van der Waals surface area contributed by atoms with Gasteiger partial charge in [0.1, 0.15) is 11.6 Å². The molecule has 4 rings (SSSR count).